The highest BCUT2D eigenvalue weighted by molar-refractivity contribution is 6.74. The predicted octanol–water partition coefficient (Wildman–Crippen LogP) is 16.1. The van der Waals surface area contributed by atoms with Gasteiger partial charge in [-0.05, 0) is 150 Å². The molecule has 70 heavy (non-hydrogen) atoms. The van der Waals surface area contributed by atoms with Crippen LogP contribution in [-0.2, 0) is 27.1 Å². The van der Waals surface area contributed by atoms with Crippen molar-refractivity contribution >= 4 is 73.3 Å². The van der Waals surface area contributed by atoms with Crippen LogP contribution in [0.15, 0.2) is 138 Å². The first-order valence-corrected chi connectivity index (χ1v) is 25.8. The molecule has 0 radical (unpaired) electrons. The molecular weight excluding hydrogens is 848 g/mol. The molecule has 0 saturated heterocycles. The number of nitrogens with one attached hydrogen (secondary N) is 1. The van der Waals surface area contributed by atoms with E-state index >= 15 is 0 Å². The van der Waals surface area contributed by atoms with Crippen molar-refractivity contribution in [2.24, 2.45) is 0 Å². The summed E-state index contributed by atoms with van der Waals surface area (Å²) in [7, 11) is 0.795. The van der Waals surface area contributed by atoms with Gasteiger partial charge in [-0.25, -0.2) is 0 Å². The van der Waals surface area contributed by atoms with Crippen LogP contribution >= 0.6 is 0 Å². The zero-order valence-electron chi connectivity index (χ0n) is 42.7. The van der Waals surface area contributed by atoms with Gasteiger partial charge in [0.2, 0.25) is 0 Å². The van der Waals surface area contributed by atoms with Gasteiger partial charge < -0.3 is 14.3 Å². The SMILES string of the molecule is CC(C)(C)c1ccc(Nc2cc3c(cc2-c2c4c5c(c6cc7c(cc6n5-c5cc6c(cc5B4)C(C)(C)c4ccccc4-6)C(C)(C)CCC7(C)C)c4oc5ccccc5c24)C(C)(C)c2ccccc2-3)cc1. The summed E-state index contributed by atoms with van der Waals surface area (Å²) in [5, 5.41) is 8.97. The Hall–Kier alpha value is -6.78. The maximum atomic E-state index is 7.40. The maximum Gasteiger partial charge on any atom is 0.198 e. The summed E-state index contributed by atoms with van der Waals surface area (Å²) in [4.78, 5) is 0. The van der Waals surface area contributed by atoms with E-state index < -0.39 is 0 Å². The Morgan fingerprint density at radius 2 is 1.14 bits per heavy atom. The van der Waals surface area contributed by atoms with Crippen molar-refractivity contribution in [3.05, 3.63) is 172 Å². The van der Waals surface area contributed by atoms with Crippen LogP contribution in [-0.4, -0.2) is 11.8 Å². The van der Waals surface area contributed by atoms with E-state index in [0.29, 0.717) is 0 Å². The van der Waals surface area contributed by atoms with Crippen molar-refractivity contribution in [1.82, 2.24) is 4.57 Å². The van der Waals surface area contributed by atoms with Gasteiger partial charge in [0.25, 0.3) is 0 Å². The molecule has 0 spiro atoms. The summed E-state index contributed by atoms with van der Waals surface area (Å²) >= 11 is 0. The molecule has 0 saturated carbocycles. The first-order valence-electron chi connectivity index (χ1n) is 25.8. The van der Waals surface area contributed by atoms with Crippen LogP contribution in [0.4, 0.5) is 11.4 Å². The summed E-state index contributed by atoms with van der Waals surface area (Å²) in [5.74, 6) is 0. The lowest BCUT2D eigenvalue weighted by Gasteiger charge is -2.42. The van der Waals surface area contributed by atoms with Gasteiger partial charge in [0.1, 0.15) is 11.2 Å². The summed E-state index contributed by atoms with van der Waals surface area (Å²) < 4.78 is 10.1. The number of nitrogens with zero attached hydrogens (tertiary/aromatic N) is 1. The minimum Gasteiger partial charge on any atom is -0.455 e. The van der Waals surface area contributed by atoms with E-state index in [0.717, 1.165) is 48.0 Å². The lowest BCUT2D eigenvalue weighted by Crippen LogP contribution is -2.38. The molecule has 0 bridgehead atoms. The number of para-hydroxylation sites is 1. The van der Waals surface area contributed by atoms with E-state index in [4.69, 9.17) is 4.42 Å². The van der Waals surface area contributed by atoms with Crippen LogP contribution in [0, 0.1) is 0 Å². The highest BCUT2D eigenvalue weighted by Crippen LogP contribution is 2.56. The predicted molar refractivity (Wildman–Crippen MR) is 299 cm³/mol. The van der Waals surface area contributed by atoms with Crippen molar-refractivity contribution in [1.29, 1.82) is 0 Å². The molecule has 0 unspecified atom stereocenters. The number of hydrogen-bond donors (Lipinski definition) is 1. The number of benzene rings is 8. The highest BCUT2D eigenvalue weighted by atomic mass is 16.3. The average Bonchev–Trinajstić information content (AvgIpc) is 4.01. The van der Waals surface area contributed by atoms with Crippen LogP contribution in [0.5, 0.6) is 0 Å². The fourth-order valence-electron chi connectivity index (χ4n) is 13.9. The summed E-state index contributed by atoms with van der Waals surface area (Å²) in [6.45, 7) is 26.4. The number of furan rings is 1. The van der Waals surface area contributed by atoms with Crippen molar-refractivity contribution in [3.63, 3.8) is 0 Å². The molecule has 0 fully saturated rings. The minimum absolute atomic E-state index is 0.0390. The van der Waals surface area contributed by atoms with Gasteiger partial charge in [-0.1, -0.05) is 167 Å². The van der Waals surface area contributed by atoms with Crippen molar-refractivity contribution in [2.75, 3.05) is 5.32 Å². The number of anilines is 2. The van der Waals surface area contributed by atoms with Gasteiger partial charge >= 0.3 is 0 Å². The normalized spacial score (nSPS) is 17.2. The standard InChI is InChI=1S/C66H61BN2O/c1-62(2,3)36-24-26-37(27-25-36)68-52-32-41-38-18-12-15-21-45(38)65(8,9)47(41)30-43(52)56-57-40-20-14-17-23-55(40)70-61(57)58-44-31-49-50(64(6,7)29-28-63(49,4)5)35-53(44)69-54-33-42-39-19-13-16-22-46(39)66(10,11)48(42)34-51(54)67-59(56)60(58)69/h12-27,30-35,67-68H,28-29H2,1-11H3. The smallest absolute Gasteiger partial charge is 0.198 e. The van der Waals surface area contributed by atoms with Crippen LogP contribution in [0.3, 0.4) is 0 Å². The third-order valence-corrected chi connectivity index (χ3v) is 18.0. The molecular formula is C66H61BN2O. The Morgan fingerprint density at radius 3 is 1.81 bits per heavy atom. The topological polar surface area (TPSA) is 30.1 Å². The van der Waals surface area contributed by atoms with Crippen molar-refractivity contribution in [2.45, 2.75) is 116 Å². The second-order valence-electron chi connectivity index (χ2n) is 24.8. The van der Waals surface area contributed by atoms with Crippen LogP contribution in [0.1, 0.15) is 128 Å². The monoisotopic (exact) mass is 908 g/mol. The van der Waals surface area contributed by atoms with Gasteiger partial charge in [0.15, 0.2) is 7.28 Å². The molecule has 4 aliphatic rings. The molecule has 3 nitrogen and oxygen atoms in total. The summed E-state index contributed by atoms with van der Waals surface area (Å²) in [6, 6.07) is 51.5. The first kappa shape index (κ1) is 42.1. The molecule has 1 aliphatic heterocycles. The summed E-state index contributed by atoms with van der Waals surface area (Å²) in [5.41, 5.74) is 28.1. The quantitative estimate of drug-likeness (QED) is 0.179. The zero-order chi connectivity index (χ0) is 48.2. The van der Waals surface area contributed by atoms with Gasteiger partial charge in [0, 0.05) is 49.6 Å². The van der Waals surface area contributed by atoms with E-state index in [9.17, 15) is 0 Å². The first-order chi connectivity index (χ1) is 33.3. The van der Waals surface area contributed by atoms with E-state index in [1.165, 1.54) is 116 Å². The molecule has 14 rings (SSSR count). The molecule has 0 amide bonds. The molecule has 0 atom stereocenters. The van der Waals surface area contributed by atoms with Crippen molar-refractivity contribution in [3.8, 4) is 39.1 Å². The molecule has 10 aromatic rings. The Labute approximate surface area is 413 Å². The Balaban J connectivity index is 1.16. The third-order valence-electron chi connectivity index (χ3n) is 18.0. The molecule has 8 aromatic carbocycles. The van der Waals surface area contributed by atoms with Crippen LogP contribution in [0.2, 0.25) is 0 Å². The second kappa shape index (κ2) is 13.5. The second-order valence-corrected chi connectivity index (χ2v) is 24.8. The molecule has 1 N–H and O–H groups in total. The lowest BCUT2D eigenvalue weighted by atomic mass is 9.57. The molecule has 3 heterocycles. The minimum atomic E-state index is -0.201. The highest BCUT2D eigenvalue weighted by Gasteiger charge is 2.43. The van der Waals surface area contributed by atoms with Crippen LogP contribution < -0.4 is 16.2 Å². The van der Waals surface area contributed by atoms with Gasteiger partial charge in [0.05, 0.1) is 16.4 Å². The van der Waals surface area contributed by atoms with E-state index in [1.807, 2.05) is 0 Å². The maximum absolute atomic E-state index is 7.40. The Morgan fingerprint density at radius 1 is 0.543 bits per heavy atom. The van der Waals surface area contributed by atoms with Gasteiger partial charge in [-0.3, -0.25) is 0 Å². The third kappa shape index (κ3) is 5.48. The number of aromatic nitrogens is 1. The van der Waals surface area contributed by atoms with E-state index in [2.05, 4.69) is 220 Å². The molecule has 4 heteroatoms. The fourth-order valence-corrected chi connectivity index (χ4v) is 13.9. The number of hydrogen-bond acceptors (Lipinski definition) is 2. The lowest BCUT2D eigenvalue weighted by molar-refractivity contribution is 0.332. The van der Waals surface area contributed by atoms with Crippen LogP contribution in [0.25, 0.3) is 82.8 Å². The summed E-state index contributed by atoms with van der Waals surface area (Å²) in [6.07, 6.45) is 2.31. The van der Waals surface area contributed by atoms with E-state index in [1.54, 1.807) is 0 Å². The number of fused-ring (bicyclic) bond motifs is 16. The largest absolute Gasteiger partial charge is 0.455 e. The number of rotatable bonds is 3. The zero-order valence-corrected chi connectivity index (χ0v) is 42.7. The average molecular weight is 909 g/mol. The Kier molecular flexibility index (Phi) is 8.15. The van der Waals surface area contributed by atoms with Gasteiger partial charge in [-0.2, -0.15) is 0 Å². The molecule has 3 aliphatic carbocycles. The molecule has 2 aromatic heterocycles. The van der Waals surface area contributed by atoms with Gasteiger partial charge in [-0.15, -0.1) is 0 Å². The fraction of sp³-hybridized carbons (Fsp3) is 0.273. The molecule has 344 valence electrons. The van der Waals surface area contributed by atoms with E-state index in [-0.39, 0.29) is 27.1 Å². The Bertz CT molecular complexity index is 3970. The van der Waals surface area contributed by atoms with Crippen molar-refractivity contribution < 1.29 is 4.42 Å².